The molecule has 3 nitrogen and oxygen atoms in total. The van der Waals surface area contributed by atoms with E-state index in [4.69, 9.17) is 5.11 Å². The van der Waals surface area contributed by atoms with Crippen molar-refractivity contribution in [2.45, 2.75) is 19.9 Å². The molecule has 1 rings (SSSR count). The van der Waals surface area contributed by atoms with E-state index in [0.29, 0.717) is 24.3 Å². The Labute approximate surface area is 111 Å². The van der Waals surface area contributed by atoms with Crippen LogP contribution in [0, 0.1) is 12.7 Å². The van der Waals surface area contributed by atoms with Crippen LogP contribution in [0.15, 0.2) is 18.2 Å². The SMILES string of the molecule is Cc1cc(CNC(=O)CSCCCO)ccc1F. The number of hydrogen-bond acceptors (Lipinski definition) is 3. The fourth-order valence-corrected chi connectivity index (χ4v) is 2.16. The van der Waals surface area contributed by atoms with E-state index < -0.39 is 0 Å². The summed E-state index contributed by atoms with van der Waals surface area (Å²) < 4.78 is 13.0. The first-order chi connectivity index (χ1) is 8.63. The van der Waals surface area contributed by atoms with Crippen molar-refractivity contribution in [3.05, 3.63) is 35.1 Å². The maximum absolute atomic E-state index is 13.0. The number of aliphatic hydroxyl groups excluding tert-OH is 1. The van der Waals surface area contributed by atoms with Crippen LogP contribution in [0.3, 0.4) is 0 Å². The lowest BCUT2D eigenvalue weighted by molar-refractivity contribution is -0.118. The molecule has 0 aliphatic rings. The highest BCUT2D eigenvalue weighted by atomic mass is 32.2. The smallest absolute Gasteiger partial charge is 0.230 e. The van der Waals surface area contributed by atoms with E-state index in [-0.39, 0.29) is 18.3 Å². The van der Waals surface area contributed by atoms with Crippen LogP contribution in [0.5, 0.6) is 0 Å². The number of hydrogen-bond donors (Lipinski definition) is 2. The molecule has 0 aliphatic carbocycles. The van der Waals surface area contributed by atoms with Crippen molar-refractivity contribution in [3.63, 3.8) is 0 Å². The van der Waals surface area contributed by atoms with Crippen LogP contribution < -0.4 is 5.32 Å². The van der Waals surface area contributed by atoms with Gasteiger partial charge in [0, 0.05) is 13.2 Å². The number of halogens is 1. The molecule has 0 aromatic heterocycles. The molecule has 0 atom stereocenters. The van der Waals surface area contributed by atoms with Gasteiger partial charge >= 0.3 is 0 Å². The highest BCUT2D eigenvalue weighted by Gasteiger charge is 2.03. The third-order valence-corrected chi connectivity index (χ3v) is 3.44. The van der Waals surface area contributed by atoms with E-state index in [9.17, 15) is 9.18 Å². The van der Waals surface area contributed by atoms with Gasteiger partial charge in [0.1, 0.15) is 5.82 Å². The molecule has 1 aromatic rings. The van der Waals surface area contributed by atoms with Gasteiger partial charge in [-0.2, -0.15) is 11.8 Å². The number of nitrogens with one attached hydrogen (secondary N) is 1. The molecule has 2 N–H and O–H groups in total. The Balaban J connectivity index is 2.27. The highest BCUT2D eigenvalue weighted by Crippen LogP contribution is 2.09. The molecule has 0 saturated heterocycles. The Morgan fingerprint density at radius 3 is 2.94 bits per heavy atom. The zero-order chi connectivity index (χ0) is 13.4. The third-order valence-electron chi connectivity index (χ3n) is 2.39. The number of carbonyl (C=O) groups is 1. The minimum absolute atomic E-state index is 0.0417. The minimum Gasteiger partial charge on any atom is -0.396 e. The molecule has 0 spiro atoms. The fourth-order valence-electron chi connectivity index (χ4n) is 1.40. The van der Waals surface area contributed by atoms with Crippen LogP contribution in [-0.4, -0.2) is 29.1 Å². The Morgan fingerprint density at radius 2 is 2.28 bits per heavy atom. The number of rotatable bonds is 7. The molecule has 0 radical (unpaired) electrons. The zero-order valence-electron chi connectivity index (χ0n) is 10.4. The van der Waals surface area contributed by atoms with E-state index in [1.165, 1.54) is 17.8 Å². The van der Waals surface area contributed by atoms with Crippen molar-refractivity contribution >= 4 is 17.7 Å². The lowest BCUT2D eigenvalue weighted by Crippen LogP contribution is -2.24. The van der Waals surface area contributed by atoms with E-state index in [2.05, 4.69) is 5.32 Å². The summed E-state index contributed by atoms with van der Waals surface area (Å²) >= 11 is 1.49. The summed E-state index contributed by atoms with van der Waals surface area (Å²) in [6.07, 6.45) is 0.703. The second kappa shape index (κ2) is 8.11. The topological polar surface area (TPSA) is 49.3 Å². The van der Waals surface area contributed by atoms with Gasteiger partial charge in [-0.25, -0.2) is 4.39 Å². The van der Waals surface area contributed by atoms with Crippen LogP contribution in [0.1, 0.15) is 17.5 Å². The molecular weight excluding hydrogens is 253 g/mol. The standard InChI is InChI=1S/C13H18FNO2S/c1-10-7-11(3-4-12(10)14)8-15-13(17)9-18-6-2-5-16/h3-4,7,16H,2,5-6,8-9H2,1H3,(H,15,17). The molecule has 0 fully saturated rings. The van der Waals surface area contributed by atoms with Crippen LogP contribution in [-0.2, 0) is 11.3 Å². The highest BCUT2D eigenvalue weighted by molar-refractivity contribution is 7.99. The summed E-state index contributed by atoms with van der Waals surface area (Å²) in [5.41, 5.74) is 1.47. The maximum Gasteiger partial charge on any atom is 0.230 e. The molecule has 0 saturated carbocycles. The monoisotopic (exact) mass is 271 g/mol. The van der Waals surface area contributed by atoms with E-state index in [0.717, 1.165) is 11.3 Å². The summed E-state index contributed by atoms with van der Waals surface area (Å²) in [7, 11) is 0. The minimum atomic E-state index is -0.232. The van der Waals surface area contributed by atoms with E-state index >= 15 is 0 Å². The predicted octanol–water partition coefficient (Wildman–Crippen LogP) is 1.87. The molecule has 0 aliphatic heterocycles. The van der Waals surface area contributed by atoms with Gasteiger partial charge in [-0.1, -0.05) is 12.1 Å². The molecule has 0 unspecified atom stereocenters. The number of aliphatic hydroxyl groups is 1. The van der Waals surface area contributed by atoms with Gasteiger partial charge in [-0.15, -0.1) is 0 Å². The second-order valence-electron chi connectivity index (χ2n) is 3.99. The van der Waals surface area contributed by atoms with E-state index in [1.54, 1.807) is 19.1 Å². The number of benzene rings is 1. The molecule has 18 heavy (non-hydrogen) atoms. The van der Waals surface area contributed by atoms with Crippen molar-refractivity contribution in [1.82, 2.24) is 5.32 Å². The van der Waals surface area contributed by atoms with Crippen molar-refractivity contribution in [2.24, 2.45) is 0 Å². The van der Waals surface area contributed by atoms with E-state index in [1.807, 2.05) is 0 Å². The number of amides is 1. The predicted molar refractivity (Wildman–Crippen MR) is 72.0 cm³/mol. The average molecular weight is 271 g/mol. The Bertz CT molecular complexity index is 399. The first kappa shape index (κ1) is 15.0. The number of aryl methyl sites for hydroxylation is 1. The zero-order valence-corrected chi connectivity index (χ0v) is 11.2. The van der Waals surface area contributed by atoms with Gasteiger partial charge in [0.2, 0.25) is 5.91 Å². The lowest BCUT2D eigenvalue weighted by Gasteiger charge is -2.06. The van der Waals surface area contributed by atoms with Gasteiger partial charge < -0.3 is 10.4 Å². The van der Waals surface area contributed by atoms with Crippen molar-refractivity contribution in [1.29, 1.82) is 0 Å². The Hall–Kier alpha value is -1.07. The first-order valence-corrected chi connectivity index (χ1v) is 6.99. The lowest BCUT2D eigenvalue weighted by atomic mass is 10.1. The molecule has 100 valence electrons. The third kappa shape index (κ3) is 5.51. The molecular formula is C13H18FNO2S. The van der Waals surface area contributed by atoms with Gasteiger partial charge in [0.15, 0.2) is 0 Å². The summed E-state index contributed by atoms with van der Waals surface area (Å²) in [4.78, 5) is 11.5. The molecule has 5 heteroatoms. The molecule has 0 bridgehead atoms. The number of carbonyl (C=O) groups excluding carboxylic acids is 1. The van der Waals surface area contributed by atoms with Crippen LogP contribution in [0.25, 0.3) is 0 Å². The van der Waals surface area contributed by atoms with Gasteiger partial charge in [-0.05, 0) is 36.3 Å². The largest absolute Gasteiger partial charge is 0.396 e. The summed E-state index contributed by atoms with van der Waals surface area (Å²) in [5, 5.41) is 11.4. The normalized spacial score (nSPS) is 10.4. The van der Waals surface area contributed by atoms with Crippen LogP contribution >= 0.6 is 11.8 Å². The maximum atomic E-state index is 13.0. The fraction of sp³-hybridized carbons (Fsp3) is 0.462. The quantitative estimate of drug-likeness (QED) is 0.744. The first-order valence-electron chi connectivity index (χ1n) is 5.84. The Kier molecular flexibility index (Phi) is 6.75. The van der Waals surface area contributed by atoms with Crippen LogP contribution in [0.4, 0.5) is 4.39 Å². The van der Waals surface area contributed by atoms with Crippen LogP contribution in [0.2, 0.25) is 0 Å². The summed E-state index contributed by atoms with van der Waals surface area (Å²) in [6.45, 7) is 2.27. The van der Waals surface area contributed by atoms with Crippen molar-refractivity contribution < 1.29 is 14.3 Å². The average Bonchev–Trinajstić information content (AvgIpc) is 2.36. The van der Waals surface area contributed by atoms with Gasteiger partial charge in [-0.3, -0.25) is 4.79 Å². The molecule has 1 amide bonds. The molecule has 0 heterocycles. The Morgan fingerprint density at radius 1 is 1.50 bits per heavy atom. The van der Waals surface area contributed by atoms with Crippen molar-refractivity contribution in [3.8, 4) is 0 Å². The van der Waals surface area contributed by atoms with Crippen molar-refractivity contribution in [2.75, 3.05) is 18.1 Å². The van der Waals surface area contributed by atoms with Gasteiger partial charge in [0.25, 0.3) is 0 Å². The summed E-state index contributed by atoms with van der Waals surface area (Å²) in [6, 6.07) is 4.81. The van der Waals surface area contributed by atoms with Gasteiger partial charge in [0.05, 0.1) is 5.75 Å². The number of thioether (sulfide) groups is 1. The second-order valence-corrected chi connectivity index (χ2v) is 5.10. The summed E-state index contributed by atoms with van der Waals surface area (Å²) in [5.74, 6) is 0.893. The molecule has 1 aromatic carbocycles.